The van der Waals surface area contributed by atoms with Crippen LogP contribution in [0.5, 0.6) is 0 Å². The van der Waals surface area contributed by atoms with E-state index in [0.29, 0.717) is 18.7 Å². The van der Waals surface area contributed by atoms with Crippen molar-refractivity contribution in [2.24, 2.45) is 0 Å². The molecule has 0 atom stereocenters. The lowest BCUT2D eigenvalue weighted by atomic mass is 10.2. The summed E-state index contributed by atoms with van der Waals surface area (Å²) in [6.45, 7) is 0.675. The van der Waals surface area contributed by atoms with Gasteiger partial charge in [0.2, 0.25) is 0 Å². The number of carbonyl (C=O) groups excluding carboxylic acids is 1. The number of halogens is 1. The van der Waals surface area contributed by atoms with Crippen LogP contribution in [0.1, 0.15) is 19.3 Å². The average molecular weight is 239 g/mol. The van der Waals surface area contributed by atoms with E-state index in [2.05, 4.69) is 0 Å². The molecule has 4 N–H and O–H groups in total. The van der Waals surface area contributed by atoms with Gasteiger partial charge < -0.3 is 21.2 Å². The molecule has 94 valence electrons. The van der Waals surface area contributed by atoms with Crippen molar-refractivity contribution < 1.29 is 9.18 Å². The molecule has 0 unspecified atom stereocenters. The predicted octanol–water partition coefficient (Wildman–Crippen LogP) is 1.80. The zero-order valence-corrected chi connectivity index (χ0v) is 9.95. The highest BCUT2D eigenvalue weighted by Crippen LogP contribution is 2.28. The molecule has 1 aromatic carbocycles. The van der Waals surface area contributed by atoms with E-state index in [1.54, 1.807) is 24.1 Å². The molecule has 0 bridgehead atoms. The van der Waals surface area contributed by atoms with Crippen LogP contribution in [0.2, 0.25) is 0 Å². The third kappa shape index (κ3) is 3.34. The Kier molecular flexibility index (Phi) is 4.75. The average Bonchev–Trinajstić information content (AvgIpc) is 2.31. The Morgan fingerprint density at radius 1 is 1.35 bits per heavy atom. The van der Waals surface area contributed by atoms with Gasteiger partial charge in [0.05, 0.1) is 17.1 Å². The van der Waals surface area contributed by atoms with Crippen molar-refractivity contribution in [1.82, 2.24) is 0 Å². The van der Waals surface area contributed by atoms with Crippen LogP contribution in [-0.4, -0.2) is 19.9 Å². The number of unbranched alkanes of at least 4 members (excludes halogenated alkanes) is 2. The van der Waals surface area contributed by atoms with Crippen LogP contribution in [0.25, 0.3) is 0 Å². The van der Waals surface area contributed by atoms with Crippen molar-refractivity contribution in [3.63, 3.8) is 0 Å². The number of hydrogen-bond donors (Lipinski definition) is 2. The van der Waals surface area contributed by atoms with E-state index >= 15 is 0 Å². The SMILES string of the molecule is CN(CCCCC=O)c1ccc(N)c(N)c1F. The minimum atomic E-state index is -0.483. The molecule has 17 heavy (non-hydrogen) atoms. The van der Waals surface area contributed by atoms with Gasteiger partial charge in [-0.05, 0) is 25.0 Å². The van der Waals surface area contributed by atoms with Gasteiger partial charge >= 0.3 is 0 Å². The summed E-state index contributed by atoms with van der Waals surface area (Å²) >= 11 is 0. The van der Waals surface area contributed by atoms with Gasteiger partial charge in [-0.25, -0.2) is 4.39 Å². The van der Waals surface area contributed by atoms with E-state index in [4.69, 9.17) is 11.5 Å². The maximum absolute atomic E-state index is 13.8. The second-order valence-electron chi connectivity index (χ2n) is 3.99. The molecule has 0 fully saturated rings. The number of rotatable bonds is 6. The Bertz CT molecular complexity index is 396. The number of benzene rings is 1. The Balaban J connectivity index is 2.66. The molecular weight excluding hydrogens is 221 g/mol. The minimum Gasteiger partial charge on any atom is -0.397 e. The van der Waals surface area contributed by atoms with Crippen LogP contribution in [0, 0.1) is 5.82 Å². The van der Waals surface area contributed by atoms with Gasteiger partial charge in [0.25, 0.3) is 0 Å². The van der Waals surface area contributed by atoms with E-state index in [1.165, 1.54) is 0 Å². The Hall–Kier alpha value is -1.78. The van der Waals surface area contributed by atoms with Crippen LogP contribution >= 0.6 is 0 Å². The van der Waals surface area contributed by atoms with E-state index in [-0.39, 0.29) is 11.4 Å². The number of nitrogen functional groups attached to an aromatic ring is 2. The largest absolute Gasteiger partial charge is 0.397 e. The first-order chi connectivity index (χ1) is 8.07. The van der Waals surface area contributed by atoms with Gasteiger partial charge in [-0.1, -0.05) is 0 Å². The predicted molar refractivity (Wildman–Crippen MR) is 68.4 cm³/mol. The first-order valence-corrected chi connectivity index (χ1v) is 5.56. The van der Waals surface area contributed by atoms with Crippen molar-refractivity contribution >= 4 is 23.3 Å². The summed E-state index contributed by atoms with van der Waals surface area (Å²) < 4.78 is 13.8. The van der Waals surface area contributed by atoms with Crippen molar-refractivity contribution in [2.75, 3.05) is 30.0 Å². The van der Waals surface area contributed by atoms with Crippen LogP contribution in [0.4, 0.5) is 21.5 Å². The zero-order chi connectivity index (χ0) is 12.8. The number of carbonyl (C=O) groups is 1. The van der Waals surface area contributed by atoms with Crippen molar-refractivity contribution in [2.45, 2.75) is 19.3 Å². The summed E-state index contributed by atoms with van der Waals surface area (Å²) in [5, 5.41) is 0. The summed E-state index contributed by atoms with van der Waals surface area (Å²) in [5.74, 6) is -0.483. The van der Waals surface area contributed by atoms with Crippen LogP contribution in [0.3, 0.4) is 0 Å². The minimum absolute atomic E-state index is 0.0118. The monoisotopic (exact) mass is 239 g/mol. The molecular formula is C12H18FN3O. The fourth-order valence-electron chi connectivity index (χ4n) is 1.59. The summed E-state index contributed by atoms with van der Waals surface area (Å²) in [5.41, 5.74) is 11.7. The highest BCUT2D eigenvalue weighted by atomic mass is 19.1. The molecule has 1 rings (SSSR count). The molecule has 0 heterocycles. The molecule has 0 saturated carbocycles. The Morgan fingerprint density at radius 3 is 2.71 bits per heavy atom. The summed E-state index contributed by atoms with van der Waals surface area (Å²) in [6, 6.07) is 3.20. The summed E-state index contributed by atoms with van der Waals surface area (Å²) in [6.07, 6.45) is 3.07. The Morgan fingerprint density at radius 2 is 2.06 bits per heavy atom. The van der Waals surface area contributed by atoms with Crippen LogP contribution < -0.4 is 16.4 Å². The molecule has 0 amide bonds. The highest BCUT2D eigenvalue weighted by molar-refractivity contribution is 5.71. The van der Waals surface area contributed by atoms with E-state index in [1.807, 2.05) is 0 Å². The molecule has 0 aliphatic carbocycles. The van der Waals surface area contributed by atoms with E-state index in [9.17, 15) is 9.18 Å². The normalized spacial score (nSPS) is 10.2. The second-order valence-corrected chi connectivity index (χ2v) is 3.99. The third-order valence-corrected chi connectivity index (χ3v) is 2.67. The first kappa shape index (κ1) is 13.3. The molecule has 0 aromatic heterocycles. The third-order valence-electron chi connectivity index (χ3n) is 2.67. The number of aldehydes is 1. The van der Waals surface area contributed by atoms with Crippen molar-refractivity contribution in [3.8, 4) is 0 Å². The highest BCUT2D eigenvalue weighted by Gasteiger charge is 2.12. The van der Waals surface area contributed by atoms with Crippen LogP contribution in [-0.2, 0) is 4.79 Å². The van der Waals surface area contributed by atoms with Crippen molar-refractivity contribution in [1.29, 1.82) is 0 Å². The fourth-order valence-corrected chi connectivity index (χ4v) is 1.59. The molecule has 0 aliphatic rings. The second kappa shape index (κ2) is 6.08. The molecule has 0 spiro atoms. The maximum atomic E-state index is 13.8. The smallest absolute Gasteiger partial charge is 0.171 e. The molecule has 0 aliphatic heterocycles. The van der Waals surface area contributed by atoms with Gasteiger partial charge in [-0.2, -0.15) is 0 Å². The first-order valence-electron chi connectivity index (χ1n) is 5.56. The molecule has 0 saturated heterocycles. The molecule has 0 radical (unpaired) electrons. The fraction of sp³-hybridized carbons (Fsp3) is 0.417. The lowest BCUT2D eigenvalue weighted by molar-refractivity contribution is -0.107. The van der Waals surface area contributed by atoms with Gasteiger partial charge in [0.1, 0.15) is 6.29 Å². The number of hydrogen-bond acceptors (Lipinski definition) is 4. The number of nitrogens with zero attached hydrogens (tertiary/aromatic N) is 1. The van der Waals surface area contributed by atoms with Gasteiger partial charge in [0, 0.05) is 20.0 Å². The Labute approximate surface area is 100 Å². The van der Waals surface area contributed by atoms with Crippen molar-refractivity contribution in [3.05, 3.63) is 17.9 Å². The van der Waals surface area contributed by atoms with Gasteiger partial charge in [0.15, 0.2) is 5.82 Å². The topological polar surface area (TPSA) is 72.3 Å². The molecule has 4 nitrogen and oxygen atoms in total. The van der Waals surface area contributed by atoms with E-state index in [0.717, 1.165) is 19.1 Å². The number of nitrogens with two attached hydrogens (primary N) is 2. The van der Waals surface area contributed by atoms with Crippen LogP contribution in [0.15, 0.2) is 12.1 Å². The summed E-state index contributed by atoms with van der Waals surface area (Å²) in [7, 11) is 1.79. The molecule has 1 aromatic rings. The van der Waals surface area contributed by atoms with E-state index < -0.39 is 5.82 Å². The van der Waals surface area contributed by atoms with Gasteiger partial charge in [-0.3, -0.25) is 0 Å². The quantitative estimate of drug-likeness (QED) is 0.451. The zero-order valence-electron chi connectivity index (χ0n) is 9.95. The lowest BCUT2D eigenvalue weighted by Gasteiger charge is -2.20. The maximum Gasteiger partial charge on any atom is 0.171 e. The standard InChI is InChI=1S/C12H18FN3O/c1-16(7-3-2-4-8-17)10-6-5-9(14)12(15)11(10)13/h5-6,8H,2-4,7,14-15H2,1H3. The van der Waals surface area contributed by atoms with Gasteiger partial charge in [-0.15, -0.1) is 0 Å². The lowest BCUT2D eigenvalue weighted by Crippen LogP contribution is -2.20. The summed E-state index contributed by atoms with van der Waals surface area (Å²) in [4.78, 5) is 11.9. The number of anilines is 3. The molecule has 5 heteroatoms.